The van der Waals surface area contributed by atoms with Crippen LogP contribution in [0.3, 0.4) is 0 Å². The molecule has 0 saturated carbocycles. The normalized spacial score (nSPS) is 10.7. The number of aromatic nitrogens is 1. The van der Waals surface area contributed by atoms with E-state index in [0.717, 1.165) is 10.9 Å². The highest BCUT2D eigenvalue weighted by atomic mass is 35.5. The summed E-state index contributed by atoms with van der Waals surface area (Å²) < 4.78 is 1.90. The molecule has 0 N–H and O–H groups in total. The van der Waals surface area contributed by atoms with E-state index in [-0.39, 0.29) is 0 Å². The van der Waals surface area contributed by atoms with Crippen LogP contribution in [0.5, 0.6) is 0 Å². The molecule has 2 heteroatoms. The lowest BCUT2D eigenvalue weighted by Crippen LogP contribution is -1.82. The maximum Gasteiger partial charge on any atom is 0.0861 e. The first-order valence-electron chi connectivity index (χ1n) is 3.41. The summed E-state index contributed by atoms with van der Waals surface area (Å²) in [6, 6.07) is 7.99. The Kier molecular flexibility index (Phi) is 1.40. The molecular formula is C9H7ClN. The van der Waals surface area contributed by atoms with Crippen LogP contribution in [0.25, 0.3) is 10.9 Å². The lowest BCUT2D eigenvalue weighted by molar-refractivity contribution is 0.960. The average molecular weight is 165 g/mol. The van der Waals surface area contributed by atoms with E-state index in [0.29, 0.717) is 5.02 Å². The van der Waals surface area contributed by atoms with Gasteiger partial charge in [-0.2, -0.15) is 0 Å². The highest BCUT2D eigenvalue weighted by Crippen LogP contribution is 2.23. The van der Waals surface area contributed by atoms with Gasteiger partial charge in [0, 0.05) is 18.0 Å². The van der Waals surface area contributed by atoms with Crippen molar-refractivity contribution in [3.63, 3.8) is 0 Å². The van der Waals surface area contributed by atoms with E-state index in [9.17, 15) is 0 Å². The van der Waals surface area contributed by atoms with Crippen LogP contribution in [0.15, 0.2) is 24.3 Å². The van der Waals surface area contributed by atoms with Crippen molar-refractivity contribution in [2.24, 2.45) is 7.05 Å². The molecule has 2 aromatic rings. The third kappa shape index (κ3) is 0.925. The largest absolute Gasteiger partial charge is 0.341 e. The smallest absolute Gasteiger partial charge is 0.0861 e. The summed E-state index contributed by atoms with van der Waals surface area (Å²) in [4.78, 5) is 0. The fourth-order valence-corrected chi connectivity index (χ4v) is 1.51. The van der Waals surface area contributed by atoms with Crippen LogP contribution < -0.4 is 0 Å². The summed E-state index contributed by atoms with van der Waals surface area (Å²) in [7, 11) is 1.94. The molecule has 0 spiro atoms. The number of para-hydroxylation sites is 1. The fraction of sp³-hybridized carbons (Fsp3) is 0.111. The first-order chi connectivity index (χ1) is 5.29. The lowest BCUT2D eigenvalue weighted by atomic mass is 10.2. The van der Waals surface area contributed by atoms with Gasteiger partial charge in [0.15, 0.2) is 0 Å². The molecule has 0 unspecified atom stereocenters. The highest BCUT2D eigenvalue weighted by molar-refractivity contribution is 6.35. The van der Waals surface area contributed by atoms with Gasteiger partial charge in [-0.05, 0) is 6.07 Å². The second kappa shape index (κ2) is 2.28. The average Bonchev–Trinajstić information content (AvgIpc) is 2.30. The highest BCUT2D eigenvalue weighted by Gasteiger charge is 2.01. The van der Waals surface area contributed by atoms with Gasteiger partial charge in [0.1, 0.15) is 0 Å². The molecule has 0 aliphatic rings. The number of hydrogen-bond acceptors (Lipinski definition) is 0. The van der Waals surface area contributed by atoms with Crippen molar-refractivity contribution in [3.8, 4) is 0 Å². The molecule has 55 valence electrons. The predicted molar refractivity (Wildman–Crippen MR) is 46.8 cm³/mol. The summed E-state index contributed by atoms with van der Waals surface area (Å²) in [6.07, 6.45) is 3.00. The zero-order chi connectivity index (χ0) is 7.84. The molecule has 1 nitrogen and oxygen atoms in total. The minimum absolute atomic E-state index is 0.697. The Morgan fingerprint density at radius 2 is 2.09 bits per heavy atom. The van der Waals surface area contributed by atoms with Gasteiger partial charge in [-0.3, -0.25) is 0 Å². The van der Waals surface area contributed by atoms with E-state index in [2.05, 4.69) is 6.20 Å². The SMILES string of the molecule is Cn1[c]c(Cl)c2ccccc21. The number of aryl methyl sites for hydroxylation is 1. The Hall–Kier alpha value is -0.950. The quantitative estimate of drug-likeness (QED) is 0.564. The molecule has 0 aliphatic carbocycles. The third-order valence-electron chi connectivity index (χ3n) is 1.77. The molecule has 0 saturated heterocycles. The standard InChI is InChI=1S/C9H7ClN/c1-11-6-8(10)7-4-2-3-5-9(7)11/h2-5H,1H3. The Bertz CT molecular complexity index is 353. The van der Waals surface area contributed by atoms with E-state index in [1.54, 1.807) is 0 Å². The minimum Gasteiger partial charge on any atom is -0.341 e. The van der Waals surface area contributed by atoms with Crippen molar-refractivity contribution in [1.82, 2.24) is 4.57 Å². The molecule has 1 aromatic heterocycles. The first kappa shape index (κ1) is 6.74. The number of halogens is 1. The van der Waals surface area contributed by atoms with Gasteiger partial charge in [0.25, 0.3) is 0 Å². The van der Waals surface area contributed by atoms with Gasteiger partial charge in [-0.25, -0.2) is 0 Å². The number of benzene rings is 1. The summed E-state index contributed by atoms with van der Waals surface area (Å²) in [5.74, 6) is 0. The van der Waals surface area contributed by atoms with Gasteiger partial charge < -0.3 is 4.57 Å². The molecule has 0 atom stereocenters. The van der Waals surface area contributed by atoms with E-state index in [4.69, 9.17) is 11.6 Å². The Balaban J connectivity index is 2.95. The van der Waals surface area contributed by atoms with Crippen molar-refractivity contribution < 1.29 is 0 Å². The molecule has 2 rings (SSSR count). The van der Waals surface area contributed by atoms with Crippen molar-refractivity contribution in [2.45, 2.75) is 0 Å². The monoisotopic (exact) mass is 164 g/mol. The topological polar surface area (TPSA) is 4.93 Å². The van der Waals surface area contributed by atoms with Gasteiger partial charge in [0.05, 0.1) is 11.2 Å². The third-order valence-corrected chi connectivity index (χ3v) is 2.06. The van der Waals surface area contributed by atoms with Crippen LogP contribution in [-0.2, 0) is 7.05 Å². The molecule has 0 fully saturated rings. The van der Waals surface area contributed by atoms with Gasteiger partial charge in [-0.15, -0.1) is 0 Å². The van der Waals surface area contributed by atoms with E-state index >= 15 is 0 Å². The lowest BCUT2D eigenvalue weighted by Gasteiger charge is -1.91. The minimum atomic E-state index is 0.697. The Morgan fingerprint density at radius 1 is 1.36 bits per heavy atom. The van der Waals surface area contributed by atoms with Crippen LogP contribution in [-0.4, -0.2) is 4.57 Å². The van der Waals surface area contributed by atoms with E-state index < -0.39 is 0 Å². The van der Waals surface area contributed by atoms with Gasteiger partial charge >= 0.3 is 0 Å². The second-order valence-electron chi connectivity index (χ2n) is 2.50. The first-order valence-corrected chi connectivity index (χ1v) is 3.79. The molecular weight excluding hydrogens is 158 g/mol. The van der Waals surface area contributed by atoms with Crippen LogP contribution >= 0.6 is 11.6 Å². The number of rotatable bonds is 0. The zero-order valence-corrected chi connectivity index (χ0v) is 6.89. The van der Waals surface area contributed by atoms with E-state index in [1.165, 1.54) is 0 Å². The van der Waals surface area contributed by atoms with Gasteiger partial charge in [0.2, 0.25) is 0 Å². The summed E-state index contributed by atoms with van der Waals surface area (Å²) >= 11 is 5.90. The van der Waals surface area contributed by atoms with Crippen LogP contribution in [0.4, 0.5) is 0 Å². The summed E-state index contributed by atoms with van der Waals surface area (Å²) in [6.45, 7) is 0. The molecule has 0 bridgehead atoms. The van der Waals surface area contributed by atoms with Crippen molar-refractivity contribution in [1.29, 1.82) is 0 Å². The second-order valence-corrected chi connectivity index (χ2v) is 2.88. The van der Waals surface area contributed by atoms with Crippen LogP contribution in [0.2, 0.25) is 5.02 Å². The van der Waals surface area contributed by atoms with Crippen LogP contribution in [0, 0.1) is 6.20 Å². The van der Waals surface area contributed by atoms with Crippen molar-refractivity contribution in [3.05, 3.63) is 35.5 Å². The van der Waals surface area contributed by atoms with Gasteiger partial charge in [-0.1, -0.05) is 29.8 Å². The molecule has 11 heavy (non-hydrogen) atoms. The molecule has 1 aromatic carbocycles. The number of nitrogens with zero attached hydrogens (tertiary/aromatic N) is 1. The maximum atomic E-state index is 5.90. The van der Waals surface area contributed by atoms with Crippen LogP contribution in [0.1, 0.15) is 0 Å². The maximum absolute atomic E-state index is 5.90. The fourth-order valence-electron chi connectivity index (χ4n) is 1.22. The molecule has 0 amide bonds. The summed E-state index contributed by atoms with van der Waals surface area (Å²) in [5.41, 5.74) is 1.12. The number of fused-ring (bicyclic) bond motifs is 1. The Morgan fingerprint density at radius 3 is 2.82 bits per heavy atom. The summed E-state index contributed by atoms with van der Waals surface area (Å²) in [5, 5.41) is 1.76. The Labute approximate surface area is 70.2 Å². The molecule has 0 aliphatic heterocycles. The molecule has 1 radical (unpaired) electrons. The van der Waals surface area contributed by atoms with Crippen molar-refractivity contribution in [2.75, 3.05) is 0 Å². The number of hydrogen-bond donors (Lipinski definition) is 0. The van der Waals surface area contributed by atoms with E-state index in [1.807, 2.05) is 35.9 Å². The van der Waals surface area contributed by atoms with Crippen molar-refractivity contribution >= 4 is 22.5 Å². The molecule has 1 heterocycles. The predicted octanol–water partition coefficient (Wildman–Crippen LogP) is 2.63. The zero-order valence-electron chi connectivity index (χ0n) is 6.13.